The van der Waals surface area contributed by atoms with Crippen LogP contribution in [0.1, 0.15) is 42.7 Å². The fourth-order valence-corrected chi connectivity index (χ4v) is 3.23. The number of amides is 2. The van der Waals surface area contributed by atoms with Crippen molar-refractivity contribution in [1.29, 1.82) is 0 Å². The van der Waals surface area contributed by atoms with Crippen LogP contribution in [0.15, 0.2) is 28.9 Å². The Balaban J connectivity index is 1.61. The van der Waals surface area contributed by atoms with E-state index in [0.29, 0.717) is 17.5 Å². The number of hydrogen-bond donors (Lipinski definition) is 1. The number of piperidine rings is 1. The number of thioether (sulfide) groups is 1. The molecule has 1 aliphatic heterocycles. The van der Waals surface area contributed by atoms with E-state index in [1.54, 1.807) is 18.0 Å². The standard InChI is InChI=1S/C16H21N5O2S/c1-24-11-14-19-15(23-20-14)10-18-16(22)21-9-5-3-7-13(21)12-6-2-4-8-17-12/h2,4,6,8,13H,3,5,7,9-11H2,1H3,(H,18,22). The summed E-state index contributed by atoms with van der Waals surface area (Å²) in [6.45, 7) is 0.973. The number of urea groups is 1. The van der Waals surface area contributed by atoms with Crippen LogP contribution in [-0.2, 0) is 12.3 Å². The molecule has 8 heteroatoms. The van der Waals surface area contributed by atoms with Gasteiger partial charge in [0.15, 0.2) is 5.82 Å². The summed E-state index contributed by atoms with van der Waals surface area (Å²) in [5, 5.41) is 6.76. The van der Waals surface area contributed by atoms with Crippen molar-refractivity contribution in [3.05, 3.63) is 41.8 Å². The van der Waals surface area contributed by atoms with Crippen LogP contribution in [0.3, 0.4) is 0 Å². The molecule has 1 saturated heterocycles. The number of carbonyl (C=O) groups excluding carboxylic acids is 1. The molecule has 3 rings (SSSR count). The number of nitrogens with one attached hydrogen (secondary N) is 1. The van der Waals surface area contributed by atoms with Gasteiger partial charge in [-0.1, -0.05) is 11.2 Å². The summed E-state index contributed by atoms with van der Waals surface area (Å²) in [4.78, 5) is 23.1. The number of pyridine rings is 1. The van der Waals surface area contributed by atoms with Crippen molar-refractivity contribution in [2.75, 3.05) is 12.8 Å². The van der Waals surface area contributed by atoms with Crippen molar-refractivity contribution < 1.29 is 9.32 Å². The Labute approximate surface area is 145 Å². The van der Waals surface area contributed by atoms with Crippen LogP contribution < -0.4 is 5.32 Å². The normalized spacial score (nSPS) is 17.7. The van der Waals surface area contributed by atoms with Crippen molar-refractivity contribution >= 4 is 17.8 Å². The lowest BCUT2D eigenvalue weighted by atomic mass is 9.99. The molecule has 1 aliphatic rings. The Bertz CT molecular complexity index is 663. The highest BCUT2D eigenvalue weighted by atomic mass is 32.2. The highest BCUT2D eigenvalue weighted by Gasteiger charge is 2.28. The van der Waals surface area contributed by atoms with Gasteiger partial charge in [-0.25, -0.2) is 4.79 Å². The van der Waals surface area contributed by atoms with Gasteiger partial charge in [0, 0.05) is 12.7 Å². The zero-order chi connectivity index (χ0) is 16.8. The van der Waals surface area contributed by atoms with E-state index in [-0.39, 0.29) is 18.6 Å². The Morgan fingerprint density at radius 2 is 2.38 bits per heavy atom. The molecule has 0 aromatic carbocycles. The van der Waals surface area contributed by atoms with Crippen LogP contribution in [0.4, 0.5) is 4.79 Å². The minimum atomic E-state index is -0.116. The second-order valence-corrected chi connectivity index (χ2v) is 6.52. The molecule has 24 heavy (non-hydrogen) atoms. The molecule has 0 radical (unpaired) electrons. The molecular formula is C16H21N5O2S. The second kappa shape index (κ2) is 8.14. The number of rotatable bonds is 5. The first-order chi connectivity index (χ1) is 11.8. The first-order valence-corrected chi connectivity index (χ1v) is 9.43. The minimum Gasteiger partial charge on any atom is -0.337 e. The lowest BCUT2D eigenvalue weighted by Crippen LogP contribution is -2.44. The van der Waals surface area contributed by atoms with Gasteiger partial charge in [-0.2, -0.15) is 16.7 Å². The summed E-state index contributed by atoms with van der Waals surface area (Å²) in [7, 11) is 0. The van der Waals surface area contributed by atoms with E-state index in [2.05, 4.69) is 20.4 Å². The largest absolute Gasteiger partial charge is 0.337 e. The van der Waals surface area contributed by atoms with Gasteiger partial charge in [0.1, 0.15) is 0 Å². The summed E-state index contributed by atoms with van der Waals surface area (Å²) in [6.07, 6.45) is 6.79. The maximum Gasteiger partial charge on any atom is 0.318 e. The van der Waals surface area contributed by atoms with E-state index in [9.17, 15) is 4.79 Å². The van der Waals surface area contributed by atoms with E-state index >= 15 is 0 Å². The van der Waals surface area contributed by atoms with Crippen molar-refractivity contribution in [3.63, 3.8) is 0 Å². The summed E-state index contributed by atoms with van der Waals surface area (Å²) in [6, 6.07) is 5.73. The van der Waals surface area contributed by atoms with Crippen LogP contribution in [-0.4, -0.2) is 38.9 Å². The number of nitrogens with zero attached hydrogens (tertiary/aromatic N) is 4. The minimum absolute atomic E-state index is 0.0229. The molecule has 2 aromatic heterocycles. The van der Waals surface area contributed by atoms with E-state index in [0.717, 1.165) is 31.5 Å². The fourth-order valence-electron chi connectivity index (χ4n) is 2.86. The van der Waals surface area contributed by atoms with Crippen LogP contribution in [0.5, 0.6) is 0 Å². The smallest absolute Gasteiger partial charge is 0.318 e. The van der Waals surface area contributed by atoms with E-state index in [1.807, 2.05) is 29.4 Å². The van der Waals surface area contributed by atoms with Gasteiger partial charge in [-0.05, 0) is 37.7 Å². The number of carbonyl (C=O) groups is 1. The summed E-state index contributed by atoms with van der Waals surface area (Å²) >= 11 is 1.63. The topological polar surface area (TPSA) is 84.2 Å². The molecule has 0 aliphatic carbocycles. The molecule has 2 amide bonds. The van der Waals surface area contributed by atoms with Gasteiger partial charge in [-0.15, -0.1) is 0 Å². The fraction of sp³-hybridized carbons (Fsp3) is 0.500. The average molecular weight is 347 g/mol. The highest BCUT2D eigenvalue weighted by Crippen LogP contribution is 2.29. The number of hydrogen-bond acceptors (Lipinski definition) is 6. The lowest BCUT2D eigenvalue weighted by Gasteiger charge is -2.35. The zero-order valence-electron chi connectivity index (χ0n) is 13.6. The monoisotopic (exact) mass is 347 g/mol. The SMILES string of the molecule is CSCc1noc(CNC(=O)N2CCCCC2c2ccccn2)n1. The first kappa shape index (κ1) is 16.8. The molecule has 3 heterocycles. The van der Waals surface area contributed by atoms with Crippen molar-refractivity contribution in [3.8, 4) is 0 Å². The van der Waals surface area contributed by atoms with Crippen LogP contribution in [0.2, 0.25) is 0 Å². The van der Waals surface area contributed by atoms with Gasteiger partial charge in [-0.3, -0.25) is 4.98 Å². The van der Waals surface area contributed by atoms with Gasteiger partial charge in [0.25, 0.3) is 0 Å². The van der Waals surface area contributed by atoms with Gasteiger partial charge in [0.2, 0.25) is 5.89 Å². The van der Waals surface area contributed by atoms with Crippen LogP contribution >= 0.6 is 11.8 Å². The molecule has 7 nitrogen and oxygen atoms in total. The number of likely N-dealkylation sites (tertiary alicyclic amines) is 1. The second-order valence-electron chi connectivity index (χ2n) is 5.66. The van der Waals surface area contributed by atoms with E-state index in [4.69, 9.17) is 4.52 Å². The molecule has 0 saturated carbocycles. The first-order valence-electron chi connectivity index (χ1n) is 8.03. The molecular weight excluding hydrogens is 326 g/mol. The Morgan fingerprint density at radius 3 is 3.17 bits per heavy atom. The third-order valence-electron chi connectivity index (χ3n) is 3.97. The van der Waals surface area contributed by atoms with Crippen molar-refractivity contribution in [2.45, 2.75) is 37.6 Å². The van der Waals surface area contributed by atoms with Gasteiger partial charge >= 0.3 is 6.03 Å². The third-order valence-corrected chi connectivity index (χ3v) is 4.51. The quantitative estimate of drug-likeness (QED) is 0.895. The predicted molar refractivity (Wildman–Crippen MR) is 91.3 cm³/mol. The van der Waals surface area contributed by atoms with Crippen LogP contribution in [0, 0.1) is 0 Å². The van der Waals surface area contributed by atoms with Crippen molar-refractivity contribution in [1.82, 2.24) is 25.3 Å². The molecule has 1 fully saturated rings. The molecule has 0 bridgehead atoms. The summed E-state index contributed by atoms with van der Waals surface area (Å²) in [5.74, 6) is 1.78. The zero-order valence-corrected chi connectivity index (χ0v) is 14.5. The molecule has 1 unspecified atom stereocenters. The number of aromatic nitrogens is 3. The molecule has 0 spiro atoms. The Kier molecular flexibility index (Phi) is 5.68. The van der Waals surface area contributed by atoms with Gasteiger partial charge in [0.05, 0.1) is 24.0 Å². The predicted octanol–water partition coefficient (Wildman–Crippen LogP) is 2.76. The lowest BCUT2D eigenvalue weighted by molar-refractivity contribution is 0.148. The maximum atomic E-state index is 12.6. The molecule has 1 atom stereocenters. The molecule has 128 valence electrons. The van der Waals surface area contributed by atoms with Crippen LogP contribution in [0.25, 0.3) is 0 Å². The Hall–Kier alpha value is -2.09. The van der Waals surface area contributed by atoms with E-state index in [1.165, 1.54) is 0 Å². The third kappa shape index (κ3) is 4.05. The molecule has 1 N–H and O–H groups in total. The van der Waals surface area contributed by atoms with Gasteiger partial charge < -0.3 is 14.7 Å². The van der Waals surface area contributed by atoms with E-state index < -0.39 is 0 Å². The van der Waals surface area contributed by atoms with Crippen molar-refractivity contribution in [2.24, 2.45) is 0 Å². The summed E-state index contributed by atoms with van der Waals surface area (Å²) < 4.78 is 5.15. The Morgan fingerprint density at radius 1 is 1.46 bits per heavy atom. The highest BCUT2D eigenvalue weighted by molar-refractivity contribution is 7.97. The summed E-state index contributed by atoms with van der Waals surface area (Å²) in [5.41, 5.74) is 0.937. The average Bonchev–Trinajstić information content (AvgIpc) is 3.08. The maximum absolute atomic E-state index is 12.6. The molecule has 2 aromatic rings.